The van der Waals surface area contributed by atoms with E-state index in [-0.39, 0.29) is 4.88 Å². The molecule has 0 spiro atoms. The third-order valence-electron chi connectivity index (χ3n) is 2.94. The second kappa shape index (κ2) is 5.16. The molecule has 0 bridgehead atoms. The van der Waals surface area contributed by atoms with E-state index in [0.29, 0.717) is 5.02 Å². The maximum Gasteiger partial charge on any atom is 0.347 e. The zero-order valence-electron chi connectivity index (χ0n) is 10.2. The van der Waals surface area contributed by atoms with E-state index in [1.807, 2.05) is 18.2 Å². The Morgan fingerprint density at radius 3 is 2.61 bits per heavy atom. The van der Waals surface area contributed by atoms with Crippen LogP contribution in [0.3, 0.4) is 0 Å². The van der Waals surface area contributed by atoms with E-state index in [1.165, 1.54) is 11.3 Å². The van der Waals surface area contributed by atoms with E-state index in [4.69, 9.17) is 16.7 Å². The van der Waals surface area contributed by atoms with E-state index in [2.05, 4.69) is 18.7 Å². The Kier molecular flexibility index (Phi) is 3.78. The summed E-state index contributed by atoms with van der Waals surface area (Å²) in [6.07, 6.45) is 0. The van der Waals surface area contributed by atoms with Gasteiger partial charge in [0, 0.05) is 28.9 Å². The van der Waals surface area contributed by atoms with Gasteiger partial charge in [0.15, 0.2) is 0 Å². The molecule has 1 aromatic carbocycles. The summed E-state index contributed by atoms with van der Waals surface area (Å²) in [5.74, 6) is -0.967. The fourth-order valence-corrected chi connectivity index (χ4v) is 3.36. The Labute approximate surface area is 115 Å². The molecule has 0 aliphatic carbocycles. The number of hydrogen-bond donors (Lipinski definition) is 1. The number of anilines is 1. The summed E-state index contributed by atoms with van der Waals surface area (Å²) >= 11 is 7.29. The molecule has 1 aromatic heterocycles. The minimum Gasteiger partial charge on any atom is -0.477 e. The lowest BCUT2D eigenvalue weighted by Gasteiger charge is -2.20. The predicted octanol–water partition coefficient (Wildman–Crippen LogP) is 4.10. The molecule has 0 aliphatic heterocycles. The highest BCUT2D eigenvalue weighted by atomic mass is 35.5. The van der Waals surface area contributed by atoms with Crippen LogP contribution < -0.4 is 4.90 Å². The lowest BCUT2D eigenvalue weighted by molar-refractivity contribution is 0.0702. The summed E-state index contributed by atoms with van der Waals surface area (Å²) in [6.45, 7) is 6.04. The SMILES string of the molecule is CCN(CC)c1ccc2c(Cl)c(C(=O)O)sc2c1. The normalized spacial score (nSPS) is 10.8. The van der Waals surface area contributed by atoms with Gasteiger partial charge in [-0.2, -0.15) is 0 Å². The smallest absolute Gasteiger partial charge is 0.347 e. The molecule has 0 radical (unpaired) electrons. The van der Waals surface area contributed by atoms with Gasteiger partial charge in [-0.1, -0.05) is 11.6 Å². The van der Waals surface area contributed by atoms with Crippen LogP contribution in [-0.2, 0) is 0 Å². The van der Waals surface area contributed by atoms with Gasteiger partial charge >= 0.3 is 5.97 Å². The van der Waals surface area contributed by atoms with E-state index in [9.17, 15) is 4.79 Å². The molecule has 0 amide bonds. The highest BCUT2D eigenvalue weighted by Crippen LogP contribution is 2.37. The van der Waals surface area contributed by atoms with Crippen LogP contribution in [0.5, 0.6) is 0 Å². The lowest BCUT2D eigenvalue weighted by Crippen LogP contribution is -2.21. The maximum absolute atomic E-state index is 11.0. The molecule has 0 aliphatic rings. The van der Waals surface area contributed by atoms with Crippen LogP contribution in [0.2, 0.25) is 5.02 Å². The second-order valence-corrected chi connectivity index (χ2v) is 5.33. The third kappa shape index (κ3) is 2.18. The molecule has 0 saturated carbocycles. The Morgan fingerprint density at radius 2 is 2.06 bits per heavy atom. The van der Waals surface area contributed by atoms with Gasteiger partial charge in [-0.3, -0.25) is 0 Å². The standard InChI is InChI=1S/C13H14ClNO2S/c1-3-15(4-2)8-5-6-9-10(7-8)18-12(11(9)14)13(16)17/h5-7H,3-4H2,1-2H3,(H,16,17). The number of carboxylic acid groups (broad SMARTS) is 1. The molecule has 0 unspecified atom stereocenters. The number of nitrogens with zero attached hydrogens (tertiary/aromatic N) is 1. The number of thiophene rings is 1. The fourth-order valence-electron chi connectivity index (χ4n) is 1.98. The fraction of sp³-hybridized carbons (Fsp3) is 0.308. The van der Waals surface area contributed by atoms with Crippen molar-refractivity contribution >= 4 is 44.7 Å². The molecular formula is C13H14ClNO2S. The van der Waals surface area contributed by atoms with Crippen molar-refractivity contribution < 1.29 is 9.90 Å². The summed E-state index contributed by atoms with van der Waals surface area (Å²) in [7, 11) is 0. The lowest BCUT2D eigenvalue weighted by atomic mass is 10.2. The molecule has 0 atom stereocenters. The molecule has 0 saturated heterocycles. The summed E-state index contributed by atoms with van der Waals surface area (Å²) in [4.78, 5) is 13.5. The molecule has 2 rings (SSSR count). The highest BCUT2D eigenvalue weighted by molar-refractivity contribution is 7.21. The Bertz CT molecular complexity index is 590. The van der Waals surface area contributed by atoms with Crippen molar-refractivity contribution in [1.29, 1.82) is 0 Å². The number of carboxylic acids is 1. The topological polar surface area (TPSA) is 40.5 Å². The summed E-state index contributed by atoms with van der Waals surface area (Å²) in [5.41, 5.74) is 1.10. The van der Waals surface area contributed by atoms with Crippen molar-refractivity contribution in [3.8, 4) is 0 Å². The average molecular weight is 284 g/mol. The molecule has 18 heavy (non-hydrogen) atoms. The van der Waals surface area contributed by atoms with E-state index < -0.39 is 5.97 Å². The largest absolute Gasteiger partial charge is 0.477 e. The van der Waals surface area contributed by atoms with Gasteiger partial charge in [-0.05, 0) is 32.0 Å². The van der Waals surface area contributed by atoms with Crippen LogP contribution in [0.1, 0.15) is 23.5 Å². The number of fused-ring (bicyclic) bond motifs is 1. The van der Waals surface area contributed by atoms with Crippen LogP contribution in [0, 0.1) is 0 Å². The molecule has 1 heterocycles. The first kappa shape index (κ1) is 13.2. The first-order chi connectivity index (χ1) is 8.58. The minimum atomic E-state index is -0.967. The average Bonchev–Trinajstić information content (AvgIpc) is 2.68. The van der Waals surface area contributed by atoms with Crippen molar-refractivity contribution in [2.45, 2.75) is 13.8 Å². The Balaban J connectivity index is 2.55. The van der Waals surface area contributed by atoms with Crippen LogP contribution in [0.4, 0.5) is 5.69 Å². The monoisotopic (exact) mass is 283 g/mol. The zero-order valence-corrected chi connectivity index (χ0v) is 11.8. The van der Waals surface area contributed by atoms with Crippen molar-refractivity contribution in [2.75, 3.05) is 18.0 Å². The van der Waals surface area contributed by atoms with Crippen LogP contribution in [-0.4, -0.2) is 24.2 Å². The molecule has 0 fully saturated rings. The summed E-state index contributed by atoms with van der Waals surface area (Å²) in [6, 6.07) is 5.89. The summed E-state index contributed by atoms with van der Waals surface area (Å²) < 4.78 is 0.918. The number of carbonyl (C=O) groups is 1. The number of benzene rings is 1. The Morgan fingerprint density at radius 1 is 1.39 bits per heavy atom. The van der Waals surface area contributed by atoms with Crippen LogP contribution >= 0.6 is 22.9 Å². The van der Waals surface area contributed by atoms with Gasteiger partial charge in [0.2, 0.25) is 0 Å². The van der Waals surface area contributed by atoms with Gasteiger partial charge in [0.05, 0.1) is 5.02 Å². The first-order valence-corrected chi connectivity index (χ1v) is 6.98. The van der Waals surface area contributed by atoms with Gasteiger partial charge in [0.25, 0.3) is 0 Å². The zero-order chi connectivity index (χ0) is 13.3. The number of halogens is 1. The van der Waals surface area contributed by atoms with E-state index in [1.54, 1.807) is 0 Å². The molecule has 96 valence electrons. The minimum absolute atomic E-state index is 0.211. The van der Waals surface area contributed by atoms with E-state index >= 15 is 0 Å². The number of hydrogen-bond acceptors (Lipinski definition) is 3. The van der Waals surface area contributed by atoms with Crippen molar-refractivity contribution in [3.63, 3.8) is 0 Å². The number of rotatable bonds is 4. The van der Waals surface area contributed by atoms with Crippen molar-refractivity contribution in [2.24, 2.45) is 0 Å². The highest BCUT2D eigenvalue weighted by Gasteiger charge is 2.16. The molecule has 1 N–H and O–H groups in total. The van der Waals surface area contributed by atoms with Crippen LogP contribution in [0.25, 0.3) is 10.1 Å². The van der Waals surface area contributed by atoms with Gasteiger partial charge in [0.1, 0.15) is 4.88 Å². The first-order valence-electron chi connectivity index (χ1n) is 5.78. The van der Waals surface area contributed by atoms with E-state index in [0.717, 1.165) is 28.9 Å². The summed E-state index contributed by atoms with van der Waals surface area (Å²) in [5, 5.41) is 10.2. The van der Waals surface area contributed by atoms with Crippen molar-refractivity contribution in [1.82, 2.24) is 0 Å². The van der Waals surface area contributed by atoms with Gasteiger partial charge < -0.3 is 10.0 Å². The van der Waals surface area contributed by atoms with Crippen LogP contribution in [0.15, 0.2) is 18.2 Å². The molecule has 2 aromatic rings. The quantitative estimate of drug-likeness (QED) is 0.918. The third-order valence-corrected chi connectivity index (χ3v) is 4.58. The van der Waals surface area contributed by atoms with Gasteiger partial charge in [-0.25, -0.2) is 4.79 Å². The maximum atomic E-state index is 11.0. The molecule has 3 nitrogen and oxygen atoms in total. The predicted molar refractivity (Wildman–Crippen MR) is 77.4 cm³/mol. The number of aromatic carboxylic acids is 1. The molecule has 5 heteroatoms. The molecular weight excluding hydrogens is 270 g/mol. The van der Waals surface area contributed by atoms with Crippen molar-refractivity contribution in [3.05, 3.63) is 28.1 Å². The Hall–Kier alpha value is -1.26. The second-order valence-electron chi connectivity index (χ2n) is 3.90. The van der Waals surface area contributed by atoms with Gasteiger partial charge in [-0.15, -0.1) is 11.3 Å².